The SMILES string of the molecule is CS(=O)(=O)CCN1CCNCC1C#N. The normalized spacial score (nSPS) is 24.4. The summed E-state index contributed by atoms with van der Waals surface area (Å²) in [5, 5.41) is 11.9. The molecule has 1 heterocycles. The summed E-state index contributed by atoms with van der Waals surface area (Å²) in [6, 6.07) is 1.97. The zero-order valence-corrected chi connectivity index (χ0v) is 9.05. The molecule has 0 aliphatic carbocycles. The molecule has 0 bridgehead atoms. The minimum absolute atomic E-state index is 0.130. The summed E-state index contributed by atoms with van der Waals surface area (Å²) in [5.74, 6) is 0.130. The third kappa shape index (κ3) is 3.62. The molecule has 1 aliphatic rings. The van der Waals surface area contributed by atoms with E-state index in [1.807, 2.05) is 4.90 Å². The van der Waals surface area contributed by atoms with Gasteiger partial charge in [0.2, 0.25) is 0 Å². The summed E-state index contributed by atoms with van der Waals surface area (Å²) in [5.41, 5.74) is 0. The monoisotopic (exact) mass is 217 g/mol. The Morgan fingerprint density at radius 2 is 2.36 bits per heavy atom. The van der Waals surface area contributed by atoms with Crippen molar-refractivity contribution in [2.45, 2.75) is 6.04 Å². The Hall–Kier alpha value is -0.640. The van der Waals surface area contributed by atoms with Crippen molar-refractivity contribution in [1.82, 2.24) is 10.2 Å². The zero-order chi connectivity index (χ0) is 10.6. The maximum Gasteiger partial charge on any atom is 0.148 e. The van der Waals surface area contributed by atoms with Crippen LogP contribution in [0, 0.1) is 11.3 Å². The molecule has 6 heteroatoms. The molecule has 1 fully saturated rings. The number of nitrogens with zero attached hydrogens (tertiary/aromatic N) is 2. The van der Waals surface area contributed by atoms with Gasteiger partial charge in [0.15, 0.2) is 0 Å². The number of nitriles is 1. The lowest BCUT2D eigenvalue weighted by atomic mass is 10.2. The van der Waals surface area contributed by atoms with Gasteiger partial charge in [-0.15, -0.1) is 0 Å². The number of rotatable bonds is 3. The Labute approximate surface area is 84.6 Å². The molecule has 0 saturated carbocycles. The van der Waals surface area contributed by atoms with Crippen LogP contribution in [0.2, 0.25) is 0 Å². The highest BCUT2D eigenvalue weighted by atomic mass is 32.2. The minimum atomic E-state index is -2.93. The highest BCUT2D eigenvalue weighted by Crippen LogP contribution is 2.02. The predicted molar refractivity (Wildman–Crippen MR) is 53.6 cm³/mol. The van der Waals surface area contributed by atoms with E-state index in [1.165, 1.54) is 6.26 Å². The topological polar surface area (TPSA) is 73.2 Å². The summed E-state index contributed by atoms with van der Waals surface area (Å²) in [6.07, 6.45) is 1.22. The van der Waals surface area contributed by atoms with Gasteiger partial charge in [-0.05, 0) is 0 Å². The highest BCUT2D eigenvalue weighted by molar-refractivity contribution is 7.90. The van der Waals surface area contributed by atoms with Gasteiger partial charge in [0, 0.05) is 32.4 Å². The first-order valence-corrected chi connectivity index (χ1v) is 6.61. The molecule has 1 rings (SSSR count). The Bertz CT molecular complexity index is 320. The van der Waals surface area contributed by atoms with Gasteiger partial charge in [-0.25, -0.2) is 8.42 Å². The number of nitrogens with one attached hydrogen (secondary N) is 1. The lowest BCUT2D eigenvalue weighted by molar-refractivity contribution is 0.208. The predicted octanol–water partition coefficient (Wildman–Crippen LogP) is -1.17. The molecule has 0 radical (unpaired) electrons. The largest absolute Gasteiger partial charge is 0.313 e. The van der Waals surface area contributed by atoms with E-state index in [2.05, 4.69) is 11.4 Å². The van der Waals surface area contributed by atoms with Crippen LogP contribution in [0.3, 0.4) is 0 Å². The number of hydrogen-bond donors (Lipinski definition) is 1. The maximum absolute atomic E-state index is 10.9. The lowest BCUT2D eigenvalue weighted by Gasteiger charge is -2.31. The van der Waals surface area contributed by atoms with Crippen molar-refractivity contribution in [3.63, 3.8) is 0 Å². The molecule has 0 aromatic carbocycles. The lowest BCUT2D eigenvalue weighted by Crippen LogP contribution is -2.51. The number of sulfone groups is 1. The van der Waals surface area contributed by atoms with Crippen molar-refractivity contribution in [1.29, 1.82) is 5.26 Å². The first-order chi connectivity index (χ1) is 6.53. The summed E-state index contributed by atoms with van der Waals surface area (Å²) < 4.78 is 21.9. The van der Waals surface area contributed by atoms with Crippen LogP contribution in [0.25, 0.3) is 0 Å². The van der Waals surface area contributed by atoms with E-state index in [4.69, 9.17) is 5.26 Å². The van der Waals surface area contributed by atoms with Crippen molar-refractivity contribution in [2.24, 2.45) is 0 Å². The molecule has 0 aromatic heterocycles. The van der Waals surface area contributed by atoms with Gasteiger partial charge in [0.05, 0.1) is 11.8 Å². The molecular formula is C8H15N3O2S. The summed E-state index contributed by atoms with van der Waals surface area (Å²) in [7, 11) is -2.93. The standard InChI is InChI=1S/C8H15N3O2S/c1-14(12,13)5-4-11-3-2-10-7-8(11)6-9/h8,10H,2-5,7H2,1H3. The quantitative estimate of drug-likeness (QED) is 0.645. The molecule has 1 N–H and O–H groups in total. The first kappa shape index (κ1) is 11.4. The van der Waals surface area contributed by atoms with Crippen LogP contribution in [0.15, 0.2) is 0 Å². The van der Waals surface area contributed by atoms with E-state index in [-0.39, 0.29) is 11.8 Å². The van der Waals surface area contributed by atoms with Crippen LogP contribution in [0.5, 0.6) is 0 Å². The fraction of sp³-hybridized carbons (Fsp3) is 0.875. The molecular weight excluding hydrogens is 202 g/mol. The summed E-state index contributed by atoms with van der Waals surface area (Å²) in [4.78, 5) is 1.91. The average molecular weight is 217 g/mol. The second-order valence-corrected chi connectivity index (χ2v) is 5.77. The highest BCUT2D eigenvalue weighted by Gasteiger charge is 2.22. The van der Waals surface area contributed by atoms with E-state index >= 15 is 0 Å². The van der Waals surface area contributed by atoms with Crippen molar-refractivity contribution in [3.8, 4) is 6.07 Å². The minimum Gasteiger partial charge on any atom is -0.313 e. The molecule has 1 saturated heterocycles. The van der Waals surface area contributed by atoms with Crippen molar-refractivity contribution in [2.75, 3.05) is 38.2 Å². The van der Waals surface area contributed by atoms with Crippen LogP contribution in [0.4, 0.5) is 0 Å². The Kier molecular flexibility index (Phi) is 3.86. The van der Waals surface area contributed by atoms with E-state index in [0.717, 1.165) is 13.1 Å². The van der Waals surface area contributed by atoms with Crippen LogP contribution in [-0.4, -0.2) is 57.5 Å². The fourth-order valence-electron chi connectivity index (χ4n) is 1.42. The van der Waals surface area contributed by atoms with Gasteiger partial charge in [0.25, 0.3) is 0 Å². The van der Waals surface area contributed by atoms with Crippen molar-refractivity contribution < 1.29 is 8.42 Å². The van der Waals surface area contributed by atoms with E-state index in [0.29, 0.717) is 13.1 Å². The van der Waals surface area contributed by atoms with Crippen LogP contribution in [-0.2, 0) is 9.84 Å². The van der Waals surface area contributed by atoms with E-state index < -0.39 is 9.84 Å². The molecule has 0 spiro atoms. The second kappa shape index (κ2) is 4.73. The molecule has 14 heavy (non-hydrogen) atoms. The summed E-state index contributed by atoms with van der Waals surface area (Å²) in [6.45, 7) is 2.65. The molecule has 1 aliphatic heterocycles. The fourth-order valence-corrected chi connectivity index (χ4v) is 1.99. The summed E-state index contributed by atoms with van der Waals surface area (Å²) >= 11 is 0. The molecule has 1 unspecified atom stereocenters. The van der Waals surface area contributed by atoms with Crippen molar-refractivity contribution in [3.05, 3.63) is 0 Å². The molecule has 80 valence electrons. The Morgan fingerprint density at radius 1 is 1.64 bits per heavy atom. The first-order valence-electron chi connectivity index (χ1n) is 4.55. The number of hydrogen-bond acceptors (Lipinski definition) is 5. The van der Waals surface area contributed by atoms with Crippen molar-refractivity contribution >= 4 is 9.84 Å². The van der Waals surface area contributed by atoms with Crippen LogP contribution >= 0.6 is 0 Å². The number of piperazine rings is 1. The van der Waals surface area contributed by atoms with Gasteiger partial charge in [-0.1, -0.05) is 0 Å². The van der Waals surface area contributed by atoms with Gasteiger partial charge in [-0.2, -0.15) is 5.26 Å². The van der Waals surface area contributed by atoms with E-state index in [9.17, 15) is 8.42 Å². The Morgan fingerprint density at radius 3 is 2.93 bits per heavy atom. The zero-order valence-electron chi connectivity index (χ0n) is 8.23. The van der Waals surface area contributed by atoms with Gasteiger partial charge in [0.1, 0.15) is 15.9 Å². The van der Waals surface area contributed by atoms with Crippen LogP contribution in [0.1, 0.15) is 0 Å². The van der Waals surface area contributed by atoms with Gasteiger partial charge in [-0.3, -0.25) is 4.90 Å². The van der Waals surface area contributed by atoms with Gasteiger partial charge >= 0.3 is 0 Å². The van der Waals surface area contributed by atoms with Crippen LogP contribution < -0.4 is 5.32 Å². The molecule has 5 nitrogen and oxygen atoms in total. The Balaban J connectivity index is 2.46. The third-order valence-electron chi connectivity index (χ3n) is 2.25. The molecule has 0 aromatic rings. The molecule has 1 atom stereocenters. The third-order valence-corrected chi connectivity index (χ3v) is 3.18. The van der Waals surface area contributed by atoms with Gasteiger partial charge < -0.3 is 5.32 Å². The smallest absolute Gasteiger partial charge is 0.148 e. The maximum atomic E-state index is 10.9. The second-order valence-electron chi connectivity index (χ2n) is 3.51. The van der Waals surface area contributed by atoms with E-state index in [1.54, 1.807) is 0 Å². The molecule has 0 amide bonds. The average Bonchev–Trinajstić information content (AvgIpc) is 2.14.